The fourth-order valence-corrected chi connectivity index (χ4v) is 2.82. The first-order valence-corrected chi connectivity index (χ1v) is 5.87. The molecule has 0 aromatic carbocycles. The van der Waals surface area contributed by atoms with Crippen molar-refractivity contribution in [3.63, 3.8) is 0 Å². The fourth-order valence-electron chi connectivity index (χ4n) is 1.25. The average Bonchev–Trinajstić information content (AvgIpc) is 2.02. The van der Waals surface area contributed by atoms with Gasteiger partial charge in [0.1, 0.15) is 0 Å². The largest absolute Gasteiger partial charge is 0.481 e. The van der Waals surface area contributed by atoms with E-state index in [1.54, 1.807) is 6.92 Å². The van der Waals surface area contributed by atoms with E-state index in [1.807, 2.05) is 13.8 Å². The van der Waals surface area contributed by atoms with Crippen LogP contribution >= 0.6 is 0 Å². The van der Waals surface area contributed by atoms with E-state index in [-0.39, 0.29) is 16.9 Å². The summed E-state index contributed by atoms with van der Waals surface area (Å²) in [6, 6.07) is 0. The van der Waals surface area contributed by atoms with Crippen LogP contribution in [0.5, 0.6) is 0 Å². The van der Waals surface area contributed by atoms with Gasteiger partial charge in [-0.05, 0) is 6.42 Å². The van der Waals surface area contributed by atoms with Crippen molar-refractivity contribution in [2.45, 2.75) is 50.5 Å². The van der Waals surface area contributed by atoms with Crippen molar-refractivity contribution in [3.8, 4) is 0 Å². The molecule has 0 amide bonds. The van der Waals surface area contributed by atoms with Crippen molar-refractivity contribution in [2.24, 2.45) is 0 Å². The number of carboxylic acid groups (broad SMARTS) is 1. The lowest BCUT2D eigenvalue weighted by atomic mass is 10.3. The molecule has 0 aromatic rings. The van der Waals surface area contributed by atoms with Gasteiger partial charge in [0.05, 0.1) is 6.42 Å². The molecule has 0 rings (SSSR count). The zero-order valence-corrected chi connectivity index (χ0v) is 9.26. The summed E-state index contributed by atoms with van der Waals surface area (Å²) in [4.78, 5) is 10.4. The molecule has 0 radical (unpaired) electrons. The minimum absolute atomic E-state index is 0.000660. The summed E-state index contributed by atoms with van der Waals surface area (Å²) in [5, 5.41) is 8.38. The molecule has 0 fully saturated rings. The molecule has 4 heteroatoms. The molecule has 0 saturated carbocycles. The standard InChI is InChI=1S/C9H18O3S/c1-4-5-7(2)13(12)8(3)6-9(10)11/h7-8H,4-6H2,1-3H3,(H,10,11). The van der Waals surface area contributed by atoms with Gasteiger partial charge in [-0.1, -0.05) is 27.2 Å². The summed E-state index contributed by atoms with van der Waals surface area (Å²) in [5.41, 5.74) is 0. The maximum atomic E-state index is 11.6. The van der Waals surface area contributed by atoms with Crippen LogP contribution in [0.1, 0.15) is 40.0 Å². The van der Waals surface area contributed by atoms with Gasteiger partial charge in [-0.25, -0.2) is 0 Å². The Bertz CT molecular complexity index is 191. The molecule has 0 aromatic heterocycles. The number of rotatable bonds is 6. The Morgan fingerprint density at radius 1 is 1.38 bits per heavy atom. The number of hydrogen-bond acceptors (Lipinski definition) is 2. The molecule has 0 aliphatic rings. The van der Waals surface area contributed by atoms with Crippen molar-refractivity contribution in [1.82, 2.24) is 0 Å². The van der Waals surface area contributed by atoms with E-state index >= 15 is 0 Å². The van der Waals surface area contributed by atoms with Crippen molar-refractivity contribution >= 4 is 16.8 Å². The van der Waals surface area contributed by atoms with Gasteiger partial charge in [-0.15, -0.1) is 0 Å². The summed E-state index contributed by atoms with van der Waals surface area (Å²) < 4.78 is 11.6. The number of carbonyl (C=O) groups is 1. The van der Waals surface area contributed by atoms with Crippen LogP contribution in [0.2, 0.25) is 0 Å². The molecule has 0 aliphatic heterocycles. The Labute approximate surface area is 82.0 Å². The predicted octanol–water partition coefficient (Wildman–Crippen LogP) is 1.79. The van der Waals surface area contributed by atoms with Crippen LogP contribution in [0, 0.1) is 0 Å². The first kappa shape index (κ1) is 12.6. The van der Waals surface area contributed by atoms with Crippen molar-refractivity contribution < 1.29 is 14.1 Å². The van der Waals surface area contributed by atoms with Gasteiger partial charge in [0, 0.05) is 21.3 Å². The zero-order valence-electron chi connectivity index (χ0n) is 8.45. The summed E-state index contributed by atoms with van der Waals surface area (Å²) in [7, 11) is -1.01. The first-order chi connectivity index (χ1) is 5.99. The maximum absolute atomic E-state index is 11.6. The predicted molar refractivity (Wildman–Crippen MR) is 54.2 cm³/mol. The molecule has 0 bridgehead atoms. The van der Waals surface area contributed by atoms with E-state index < -0.39 is 16.8 Å². The number of aliphatic carboxylic acids is 1. The molecule has 0 aliphatic carbocycles. The molecule has 3 nitrogen and oxygen atoms in total. The van der Waals surface area contributed by atoms with Crippen LogP contribution in [0.15, 0.2) is 0 Å². The molecule has 0 heterocycles. The van der Waals surface area contributed by atoms with E-state index in [9.17, 15) is 9.00 Å². The average molecular weight is 206 g/mol. The van der Waals surface area contributed by atoms with Crippen LogP contribution in [-0.2, 0) is 15.6 Å². The molecule has 78 valence electrons. The topological polar surface area (TPSA) is 54.4 Å². The minimum atomic E-state index is -1.01. The Kier molecular flexibility index (Phi) is 5.95. The van der Waals surface area contributed by atoms with Gasteiger partial charge in [0.2, 0.25) is 0 Å². The lowest BCUT2D eigenvalue weighted by Gasteiger charge is -2.14. The molecule has 0 saturated heterocycles. The molecule has 1 N–H and O–H groups in total. The van der Waals surface area contributed by atoms with Crippen LogP contribution in [0.4, 0.5) is 0 Å². The second-order valence-corrected chi connectivity index (χ2v) is 5.60. The normalized spacial score (nSPS) is 17.8. The summed E-state index contributed by atoms with van der Waals surface area (Å²) >= 11 is 0. The Morgan fingerprint density at radius 2 is 1.92 bits per heavy atom. The monoisotopic (exact) mass is 206 g/mol. The van der Waals surface area contributed by atoms with Gasteiger partial charge >= 0.3 is 5.97 Å². The maximum Gasteiger partial charge on any atom is 0.304 e. The Morgan fingerprint density at radius 3 is 2.31 bits per heavy atom. The molecule has 13 heavy (non-hydrogen) atoms. The Balaban J connectivity index is 4.01. The number of carboxylic acids is 1. The lowest BCUT2D eigenvalue weighted by Crippen LogP contribution is -2.23. The van der Waals surface area contributed by atoms with E-state index in [0.29, 0.717) is 0 Å². The first-order valence-electron chi connectivity index (χ1n) is 4.60. The molecular weight excluding hydrogens is 188 g/mol. The molecule has 3 unspecified atom stereocenters. The second-order valence-electron chi connectivity index (χ2n) is 3.34. The smallest absolute Gasteiger partial charge is 0.304 e. The van der Waals surface area contributed by atoms with Crippen molar-refractivity contribution in [1.29, 1.82) is 0 Å². The molecule has 0 spiro atoms. The van der Waals surface area contributed by atoms with E-state index in [2.05, 4.69) is 0 Å². The third-order valence-electron chi connectivity index (χ3n) is 1.95. The highest BCUT2D eigenvalue weighted by molar-refractivity contribution is 7.86. The SMILES string of the molecule is CCCC(C)S(=O)C(C)CC(=O)O. The van der Waals surface area contributed by atoms with Crippen LogP contribution in [0.25, 0.3) is 0 Å². The third kappa shape index (κ3) is 5.03. The van der Waals surface area contributed by atoms with E-state index in [0.717, 1.165) is 12.8 Å². The minimum Gasteiger partial charge on any atom is -0.481 e. The highest BCUT2D eigenvalue weighted by atomic mass is 32.2. The highest BCUT2D eigenvalue weighted by Crippen LogP contribution is 2.11. The third-order valence-corrected chi connectivity index (χ3v) is 3.94. The van der Waals surface area contributed by atoms with Gasteiger partial charge in [-0.2, -0.15) is 0 Å². The van der Waals surface area contributed by atoms with E-state index in [4.69, 9.17) is 5.11 Å². The van der Waals surface area contributed by atoms with Crippen LogP contribution in [0.3, 0.4) is 0 Å². The van der Waals surface area contributed by atoms with Gasteiger partial charge in [0.15, 0.2) is 0 Å². The van der Waals surface area contributed by atoms with Gasteiger partial charge in [0.25, 0.3) is 0 Å². The summed E-state index contributed by atoms with van der Waals surface area (Å²) in [6.45, 7) is 5.68. The zero-order chi connectivity index (χ0) is 10.4. The quantitative estimate of drug-likeness (QED) is 0.720. The van der Waals surface area contributed by atoms with Gasteiger partial charge < -0.3 is 5.11 Å². The summed E-state index contributed by atoms with van der Waals surface area (Å²) in [5.74, 6) is -0.871. The van der Waals surface area contributed by atoms with E-state index in [1.165, 1.54) is 0 Å². The van der Waals surface area contributed by atoms with Crippen molar-refractivity contribution in [2.75, 3.05) is 0 Å². The fraction of sp³-hybridized carbons (Fsp3) is 0.889. The Hall–Kier alpha value is -0.380. The molecular formula is C9H18O3S. The summed E-state index contributed by atoms with van der Waals surface area (Å²) in [6.07, 6.45) is 1.89. The number of hydrogen-bond donors (Lipinski definition) is 1. The van der Waals surface area contributed by atoms with Crippen LogP contribution in [-0.4, -0.2) is 25.8 Å². The van der Waals surface area contributed by atoms with Crippen LogP contribution < -0.4 is 0 Å². The highest BCUT2D eigenvalue weighted by Gasteiger charge is 2.19. The van der Waals surface area contributed by atoms with Crippen molar-refractivity contribution in [3.05, 3.63) is 0 Å². The molecule has 3 atom stereocenters. The second kappa shape index (κ2) is 6.13. The lowest BCUT2D eigenvalue weighted by molar-refractivity contribution is -0.136. The van der Waals surface area contributed by atoms with Gasteiger partial charge in [-0.3, -0.25) is 9.00 Å².